The minimum atomic E-state index is -0.138. The largest absolute Gasteiger partial charge is 0.444 e. The van der Waals surface area contributed by atoms with Crippen molar-refractivity contribution in [3.05, 3.63) is 17.8 Å². The molecule has 1 heterocycles. The summed E-state index contributed by atoms with van der Waals surface area (Å²) in [5.41, 5.74) is 5.59. The van der Waals surface area contributed by atoms with Crippen LogP contribution in [-0.4, -0.2) is 18.2 Å². The molecule has 1 rings (SSSR count). The van der Waals surface area contributed by atoms with E-state index in [0.717, 1.165) is 18.8 Å². The van der Waals surface area contributed by atoms with E-state index in [4.69, 9.17) is 14.9 Å². The Morgan fingerprint density at radius 3 is 3.00 bits per heavy atom. The predicted octanol–water partition coefficient (Wildman–Crippen LogP) is 1.27. The van der Waals surface area contributed by atoms with Gasteiger partial charge in [-0.3, -0.25) is 0 Å². The minimum Gasteiger partial charge on any atom is -0.444 e. The van der Waals surface area contributed by atoms with Gasteiger partial charge in [0.2, 0.25) is 5.89 Å². The standard InChI is InChI=1S/C9H16N2O2/c1-3-12-5-4-8-6-11-9(13-8)7(2)10/h6-7H,3-5,10H2,1-2H3. The molecule has 74 valence electrons. The first-order valence-corrected chi connectivity index (χ1v) is 4.52. The Hall–Kier alpha value is -0.870. The monoisotopic (exact) mass is 184 g/mol. The molecule has 0 saturated carbocycles. The average molecular weight is 184 g/mol. The number of oxazole rings is 1. The van der Waals surface area contributed by atoms with Crippen molar-refractivity contribution in [1.82, 2.24) is 4.98 Å². The van der Waals surface area contributed by atoms with Crippen LogP contribution in [0.5, 0.6) is 0 Å². The van der Waals surface area contributed by atoms with Crippen LogP contribution in [0.4, 0.5) is 0 Å². The smallest absolute Gasteiger partial charge is 0.210 e. The lowest BCUT2D eigenvalue weighted by molar-refractivity contribution is 0.146. The van der Waals surface area contributed by atoms with Crippen molar-refractivity contribution < 1.29 is 9.15 Å². The summed E-state index contributed by atoms with van der Waals surface area (Å²) >= 11 is 0. The Labute approximate surface area is 78.1 Å². The van der Waals surface area contributed by atoms with E-state index in [-0.39, 0.29) is 6.04 Å². The zero-order chi connectivity index (χ0) is 9.68. The van der Waals surface area contributed by atoms with E-state index >= 15 is 0 Å². The van der Waals surface area contributed by atoms with Gasteiger partial charge in [-0.2, -0.15) is 0 Å². The summed E-state index contributed by atoms with van der Waals surface area (Å²) in [6, 6.07) is -0.138. The van der Waals surface area contributed by atoms with E-state index in [0.29, 0.717) is 12.5 Å². The molecule has 0 aliphatic heterocycles. The maximum Gasteiger partial charge on any atom is 0.210 e. The highest BCUT2D eigenvalue weighted by Crippen LogP contribution is 2.10. The maximum atomic E-state index is 5.59. The second-order valence-electron chi connectivity index (χ2n) is 2.90. The zero-order valence-electron chi connectivity index (χ0n) is 8.12. The van der Waals surface area contributed by atoms with Crippen molar-refractivity contribution in [1.29, 1.82) is 0 Å². The lowest BCUT2D eigenvalue weighted by atomic mass is 10.4. The van der Waals surface area contributed by atoms with Crippen molar-refractivity contribution in [3.8, 4) is 0 Å². The first-order chi connectivity index (χ1) is 6.24. The molecule has 13 heavy (non-hydrogen) atoms. The van der Waals surface area contributed by atoms with Crippen LogP contribution in [0.1, 0.15) is 31.5 Å². The van der Waals surface area contributed by atoms with Crippen molar-refractivity contribution in [2.45, 2.75) is 26.3 Å². The quantitative estimate of drug-likeness (QED) is 0.700. The summed E-state index contributed by atoms with van der Waals surface area (Å²) in [6.45, 7) is 5.21. The van der Waals surface area contributed by atoms with Gasteiger partial charge in [0.05, 0.1) is 18.8 Å². The number of ether oxygens (including phenoxy) is 1. The molecule has 0 aliphatic rings. The van der Waals surface area contributed by atoms with Gasteiger partial charge >= 0.3 is 0 Å². The minimum absolute atomic E-state index is 0.138. The molecule has 0 aliphatic carbocycles. The molecule has 1 aromatic heterocycles. The molecule has 2 N–H and O–H groups in total. The molecule has 1 aromatic rings. The summed E-state index contributed by atoms with van der Waals surface area (Å²) in [5.74, 6) is 1.42. The van der Waals surface area contributed by atoms with Gasteiger partial charge in [0, 0.05) is 13.0 Å². The SMILES string of the molecule is CCOCCc1cnc(C(C)N)o1. The average Bonchev–Trinajstić information content (AvgIpc) is 2.53. The number of nitrogens with zero attached hydrogens (tertiary/aromatic N) is 1. The van der Waals surface area contributed by atoms with Crippen LogP contribution in [0.3, 0.4) is 0 Å². The number of aromatic nitrogens is 1. The van der Waals surface area contributed by atoms with Crippen LogP contribution < -0.4 is 5.73 Å². The van der Waals surface area contributed by atoms with E-state index in [1.165, 1.54) is 0 Å². The normalized spacial score (nSPS) is 13.2. The molecule has 1 unspecified atom stereocenters. The Bertz CT molecular complexity index is 246. The third-order valence-electron chi connectivity index (χ3n) is 1.66. The Balaban J connectivity index is 2.40. The second-order valence-corrected chi connectivity index (χ2v) is 2.90. The highest BCUT2D eigenvalue weighted by atomic mass is 16.5. The number of hydrogen-bond donors (Lipinski definition) is 1. The van der Waals surface area contributed by atoms with Gasteiger partial charge in [0.25, 0.3) is 0 Å². The van der Waals surface area contributed by atoms with Crippen LogP contribution in [0.25, 0.3) is 0 Å². The lowest BCUT2D eigenvalue weighted by Crippen LogP contribution is -2.04. The predicted molar refractivity (Wildman–Crippen MR) is 49.3 cm³/mol. The van der Waals surface area contributed by atoms with Gasteiger partial charge in [0.1, 0.15) is 5.76 Å². The third kappa shape index (κ3) is 3.16. The highest BCUT2D eigenvalue weighted by molar-refractivity contribution is 4.96. The maximum absolute atomic E-state index is 5.59. The molecule has 4 heteroatoms. The molecule has 1 atom stereocenters. The third-order valence-corrected chi connectivity index (χ3v) is 1.66. The summed E-state index contributed by atoms with van der Waals surface area (Å²) in [4.78, 5) is 4.05. The number of hydrogen-bond acceptors (Lipinski definition) is 4. The van der Waals surface area contributed by atoms with E-state index in [2.05, 4.69) is 4.98 Å². The molecular weight excluding hydrogens is 168 g/mol. The first-order valence-electron chi connectivity index (χ1n) is 4.52. The molecule has 4 nitrogen and oxygen atoms in total. The van der Waals surface area contributed by atoms with E-state index in [9.17, 15) is 0 Å². The topological polar surface area (TPSA) is 61.3 Å². The Morgan fingerprint density at radius 2 is 2.46 bits per heavy atom. The van der Waals surface area contributed by atoms with Crippen LogP contribution in [0.2, 0.25) is 0 Å². The van der Waals surface area contributed by atoms with Crippen LogP contribution >= 0.6 is 0 Å². The Morgan fingerprint density at radius 1 is 1.69 bits per heavy atom. The van der Waals surface area contributed by atoms with E-state index in [1.54, 1.807) is 6.20 Å². The second kappa shape index (κ2) is 4.99. The van der Waals surface area contributed by atoms with Gasteiger partial charge in [-0.1, -0.05) is 0 Å². The summed E-state index contributed by atoms with van der Waals surface area (Å²) in [5, 5.41) is 0. The fraction of sp³-hybridized carbons (Fsp3) is 0.667. The van der Waals surface area contributed by atoms with Crippen molar-refractivity contribution in [3.63, 3.8) is 0 Å². The van der Waals surface area contributed by atoms with E-state index in [1.807, 2.05) is 13.8 Å². The van der Waals surface area contributed by atoms with Crippen molar-refractivity contribution >= 4 is 0 Å². The van der Waals surface area contributed by atoms with Gasteiger partial charge in [-0.15, -0.1) is 0 Å². The van der Waals surface area contributed by atoms with Crippen molar-refractivity contribution in [2.75, 3.05) is 13.2 Å². The first kappa shape index (κ1) is 10.2. The molecular formula is C9H16N2O2. The number of rotatable bonds is 5. The molecule has 0 fully saturated rings. The summed E-state index contributed by atoms with van der Waals surface area (Å²) in [6.07, 6.45) is 2.46. The zero-order valence-corrected chi connectivity index (χ0v) is 8.12. The molecule has 0 spiro atoms. The van der Waals surface area contributed by atoms with Gasteiger partial charge in [-0.05, 0) is 13.8 Å². The molecule has 0 saturated heterocycles. The summed E-state index contributed by atoms with van der Waals surface area (Å²) < 4.78 is 10.6. The van der Waals surface area contributed by atoms with Gasteiger partial charge in [0.15, 0.2) is 0 Å². The molecule has 0 radical (unpaired) electrons. The fourth-order valence-corrected chi connectivity index (χ4v) is 0.966. The number of nitrogens with two attached hydrogens (primary N) is 1. The molecule has 0 aromatic carbocycles. The van der Waals surface area contributed by atoms with Crippen LogP contribution in [0, 0.1) is 0 Å². The van der Waals surface area contributed by atoms with Crippen molar-refractivity contribution in [2.24, 2.45) is 5.73 Å². The fourth-order valence-electron chi connectivity index (χ4n) is 0.966. The molecule has 0 amide bonds. The van der Waals surface area contributed by atoms with Crippen LogP contribution in [-0.2, 0) is 11.2 Å². The molecule has 0 bridgehead atoms. The highest BCUT2D eigenvalue weighted by Gasteiger charge is 2.07. The van der Waals surface area contributed by atoms with E-state index < -0.39 is 0 Å². The van der Waals surface area contributed by atoms with Gasteiger partial charge < -0.3 is 14.9 Å². The Kier molecular flexibility index (Phi) is 3.92. The van der Waals surface area contributed by atoms with Gasteiger partial charge in [-0.25, -0.2) is 4.98 Å². The lowest BCUT2D eigenvalue weighted by Gasteiger charge is -1.98. The summed E-state index contributed by atoms with van der Waals surface area (Å²) in [7, 11) is 0. The van der Waals surface area contributed by atoms with Crippen LogP contribution in [0.15, 0.2) is 10.6 Å².